The topological polar surface area (TPSA) is 127 Å². The van der Waals surface area contributed by atoms with E-state index in [1.54, 1.807) is 6.92 Å². The van der Waals surface area contributed by atoms with Crippen LogP contribution >= 0.6 is 34.3 Å². The lowest BCUT2D eigenvalue weighted by atomic mass is 10.1. The van der Waals surface area contributed by atoms with Gasteiger partial charge in [-0.1, -0.05) is 69.8 Å². The van der Waals surface area contributed by atoms with Gasteiger partial charge in [0.25, 0.3) is 0 Å². The Hall–Kier alpha value is -3.46. The number of ether oxygens (including phenoxy) is 1. The zero-order valence-electron chi connectivity index (χ0n) is 17.5. The van der Waals surface area contributed by atoms with Crippen LogP contribution in [0.15, 0.2) is 34.9 Å². The third kappa shape index (κ3) is 4.23. The lowest BCUT2D eigenvalue weighted by molar-refractivity contribution is -0.140. The van der Waals surface area contributed by atoms with E-state index >= 15 is 0 Å². The summed E-state index contributed by atoms with van der Waals surface area (Å²) in [5, 5.41) is 16.6. The summed E-state index contributed by atoms with van der Waals surface area (Å²) >= 11 is 8.56. The molecule has 1 unspecified atom stereocenters. The summed E-state index contributed by atoms with van der Waals surface area (Å²) in [4.78, 5) is 34.0. The van der Waals surface area contributed by atoms with Crippen LogP contribution in [0, 0.1) is 11.8 Å². The molecule has 0 spiro atoms. The number of hydrogen-bond donors (Lipinski definition) is 2. The molecule has 172 valence electrons. The number of nitrogens with one attached hydrogen (secondary N) is 1. The first-order valence-corrected chi connectivity index (χ1v) is 12.1. The number of aliphatic carboxylic acids is 1. The summed E-state index contributed by atoms with van der Waals surface area (Å²) in [5.74, 6) is 4.81. The van der Waals surface area contributed by atoms with Crippen LogP contribution in [0.2, 0.25) is 5.15 Å². The van der Waals surface area contributed by atoms with E-state index in [2.05, 4.69) is 32.3 Å². The van der Waals surface area contributed by atoms with Crippen molar-refractivity contribution >= 4 is 61.7 Å². The third-order valence-electron chi connectivity index (χ3n) is 5.26. The largest absolute Gasteiger partial charge is 0.481 e. The highest BCUT2D eigenvalue weighted by Gasteiger charge is 2.54. The Morgan fingerprint density at radius 2 is 1.94 bits per heavy atom. The Bertz CT molecular complexity index is 1430. The van der Waals surface area contributed by atoms with Gasteiger partial charge < -0.3 is 14.4 Å². The molecule has 1 aliphatic rings. The number of rotatable bonds is 5. The number of thiazole rings is 2. The fourth-order valence-electron chi connectivity index (χ4n) is 3.20. The number of amides is 1. The van der Waals surface area contributed by atoms with Gasteiger partial charge in [-0.25, -0.2) is 14.8 Å². The summed E-state index contributed by atoms with van der Waals surface area (Å²) < 4.78 is 10.5. The second kappa shape index (κ2) is 8.72. The van der Waals surface area contributed by atoms with E-state index in [9.17, 15) is 14.7 Å². The van der Waals surface area contributed by atoms with Crippen LogP contribution in [-0.4, -0.2) is 32.3 Å². The van der Waals surface area contributed by atoms with E-state index in [4.69, 9.17) is 20.9 Å². The minimum atomic E-state index is -0.860. The summed E-state index contributed by atoms with van der Waals surface area (Å²) in [6, 6.07) is 9.28. The number of carbonyl (C=O) groups is 2. The zero-order chi connectivity index (χ0) is 23.9. The van der Waals surface area contributed by atoms with Crippen molar-refractivity contribution in [2.24, 2.45) is 0 Å². The molecule has 9 nitrogen and oxygen atoms in total. The lowest BCUT2D eigenvalue weighted by Crippen LogP contribution is -2.18. The van der Waals surface area contributed by atoms with Gasteiger partial charge in [-0.15, -0.1) is 0 Å². The molecule has 3 heterocycles. The molecule has 12 heteroatoms. The Labute approximate surface area is 205 Å². The average molecular weight is 515 g/mol. The number of carbonyl (C=O) groups excluding carboxylic acids is 1. The van der Waals surface area contributed by atoms with Crippen molar-refractivity contribution in [3.05, 3.63) is 56.8 Å². The Balaban J connectivity index is 1.30. The molecule has 0 radical (unpaired) electrons. The van der Waals surface area contributed by atoms with Crippen LogP contribution < -0.4 is 5.32 Å². The van der Waals surface area contributed by atoms with Crippen LogP contribution in [0.1, 0.15) is 47.2 Å². The molecule has 34 heavy (non-hydrogen) atoms. The number of fused-ring (bicyclic) bond motifs is 1. The summed E-state index contributed by atoms with van der Waals surface area (Å²) in [5.41, 5.74) is 0.0710. The minimum Gasteiger partial charge on any atom is -0.481 e. The maximum atomic E-state index is 12.4. The first-order chi connectivity index (χ1) is 16.4. The molecule has 0 aliphatic heterocycles. The summed E-state index contributed by atoms with van der Waals surface area (Å²) in [6.07, 6.45) is -0.0382. The van der Waals surface area contributed by atoms with Crippen LogP contribution in [0.25, 0.3) is 9.66 Å². The second-order valence-corrected chi connectivity index (χ2v) is 9.86. The fraction of sp³-hybridized carbons (Fsp3) is 0.227. The highest BCUT2D eigenvalue weighted by Crippen LogP contribution is 2.50. The molecular formula is C22H15ClN4O5S2. The molecule has 1 aromatic carbocycles. The molecule has 1 saturated carbocycles. The molecule has 1 atom stereocenters. The van der Waals surface area contributed by atoms with Crippen molar-refractivity contribution in [1.82, 2.24) is 15.1 Å². The SMILES string of the molecule is CC(OC(=O)Nc1c(Cl)noc1C#Cc1nc2sc(C3(C(=O)O)CC3)nc2s1)c1ccccc1. The molecule has 0 bridgehead atoms. The quantitative estimate of drug-likeness (QED) is 0.347. The Morgan fingerprint density at radius 3 is 2.62 bits per heavy atom. The zero-order valence-corrected chi connectivity index (χ0v) is 19.9. The van der Waals surface area contributed by atoms with Crippen molar-refractivity contribution < 1.29 is 24.0 Å². The van der Waals surface area contributed by atoms with Crippen molar-refractivity contribution in [2.75, 3.05) is 5.32 Å². The number of anilines is 1. The van der Waals surface area contributed by atoms with Crippen LogP contribution in [0.4, 0.5) is 10.5 Å². The maximum Gasteiger partial charge on any atom is 0.412 e. The van der Waals surface area contributed by atoms with E-state index in [-0.39, 0.29) is 16.6 Å². The lowest BCUT2D eigenvalue weighted by Gasteiger charge is -2.13. The van der Waals surface area contributed by atoms with Crippen molar-refractivity contribution in [1.29, 1.82) is 0 Å². The Kier molecular flexibility index (Phi) is 5.73. The molecule has 0 saturated heterocycles. The number of aromatic nitrogens is 3. The van der Waals surface area contributed by atoms with Gasteiger partial charge in [-0.3, -0.25) is 10.1 Å². The van der Waals surface area contributed by atoms with Gasteiger partial charge >= 0.3 is 12.1 Å². The van der Waals surface area contributed by atoms with Crippen LogP contribution in [0.5, 0.6) is 0 Å². The number of halogens is 1. The highest BCUT2D eigenvalue weighted by atomic mass is 35.5. The van der Waals surface area contributed by atoms with E-state index in [1.807, 2.05) is 30.3 Å². The predicted molar refractivity (Wildman–Crippen MR) is 126 cm³/mol. The molecule has 3 aromatic heterocycles. The molecule has 2 N–H and O–H groups in total. The summed E-state index contributed by atoms with van der Waals surface area (Å²) in [7, 11) is 0. The monoisotopic (exact) mass is 514 g/mol. The fourth-order valence-corrected chi connectivity index (χ4v) is 5.50. The molecule has 4 aromatic rings. The summed E-state index contributed by atoms with van der Waals surface area (Å²) in [6.45, 7) is 1.75. The number of carboxylic acids is 1. The molecule has 5 rings (SSSR count). The van der Waals surface area contributed by atoms with Gasteiger partial charge in [0.05, 0.1) is 0 Å². The van der Waals surface area contributed by atoms with Gasteiger partial charge in [0, 0.05) is 0 Å². The van der Waals surface area contributed by atoms with Crippen molar-refractivity contribution in [2.45, 2.75) is 31.3 Å². The van der Waals surface area contributed by atoms with Gasteiger partial charge in [0.15, 0.2) is 19.8 Å². The third-order valence-corrected chi connectivity index (χ3v) is 7.66. The van der Waals surface area contributed by atoms with E-state index < -0.39 is 23.6 Å². The standard InChI is InChI=1S/C22H15ClN4O5S2/c1-11(12-5-3-2-4-6-12)31-21(30)25-15-13(32-27-16(15)23)7-8-14-24-17-18(33-14)26-19(34-17)22(9-10-22)20(28)29/h2-6,11H,9-10H2,1H3,(H,25,30)(H,28,29). The van der Waals surface area contributed by atoms with E-state index in [0.717, 1.165) is 5.56 Å². The van der Waals surface area contributed by atoms with Gasteiger partial charge in [-0.2, -0.15) is 0 Å². The molecule has 1 fully saturated rings. The normalized spacial score (nSPS) is 14.8. The van der Waals surface area contributed by atoms with Gasteiger partial charge in [0.2, 0.25) is 5.76 Å². The maximum absolute atomic E-state index is 12.4. The highest BCUT2D eigenvalue weighted by molar-refractivity contribution is 7.26. The predicted octanol–water partition coefficient (Wildman–Crippen LogP) is 5.22. The van der Waals surface area contributed by atoms with E-state index in [1.165, 1.54) is 22.7 Å². The molecular weight excluding hydrogens is 500 g/mol. The minimum absolute atomic E-state index is 0.0457. The number of carboxylic acid groups (broad SMARTS) is 1. The van der Waals surface area contributed by atoms with Crippen molar-refractivity contribution in [3.63, 3.8) is 0 Å². The van der Waals surface area contributed by atoms with Crippen LogP contribution in [-0.2, 0) is 14.9 Å². The van der Waals surface area contributed by atoms with Crippen molar-refractivity contribution in [3.8, 4) is 11.8 Å². The van der Waals surface area contributed by atoms with E-state index in [0.29, 0.717) is 32.5 Å². The second-order valence-electron chi connectivity index (χ2n) is 7.55. The average Bonchev–Trinajstić information content (AvgIpc) is 3.26. The van der Waals surface area contributed by atoms with Crippen LogP contribution in [0.3, 0.4) is 0 Å². The molecule has 1 amide bonds. The number of hydrogen-bond acceptors (Lipinski definition) is 9. The smallest absolute Gasteiger partial charge is 0.412 e. The van der Waals surface area contributed by atoms with Gasteiger partial charge in [0.1, 0.15) is 22.2 Å². The molecule has 1 aliphatic carbocycles. The number of nitrogens with zero attached hydrogens (tertiary/aromatic N) is 3. The first kappa shape index (κ1) is 22.3. The number of benzene rings is 1. The first-order valence-electron chi connectivity index (χ1n) is 10.1. The van der Waals surface area contributed by atoms with Gasteiger partial charge in [-0.05, 0) is 37.2 Å². The Morgan fingerprint density at radius 1 is 1.21 bits per heavy atom.